The average molecular weight is 683 g/mol. The molecule has 2 rings (SSSR count). The standard InChI is InChI=1S/C37H54N4O8/c1-11-37(9,10)41(32(45)26(18-20-29(38)43)40-34(47)49-36(6,7)8)30(25-17-19-28(42)23(2)21-25)31(44)39-27(33(46)48-35(3,4)5)22-24-15-13-12-14-16-24/h12-17,19,21,26-27,30,42H,11,18,20,22H2,1-10H3,(H2,38,43)(H,39,44)(H,40,47). The molecule has 0 spiro atoms. The molecule has 0 saturated heterocycles. The average Bonchev–Trinajstić information content (AvgIpc) is 2.97. The van der Waals surface area contributed by atoms with Crippen molar-refractivity contribution in [3.05, 3.63) is 65.2 Å². The first-order chi connectivity index (χ1) is 22.5. The summed E-state index contributed by atoms with van der Waals surface area (Å²) in [6.45, 7) is 17.2. The molecule has 3 unspecified atom stereocenters. The molecular formula is C37H54N4O8. The molecule has 12 nitrogen and oxygen atoms in total. The van der Waals surface area contributed by atoms with Crippen molar-refractivity contribution in [2.24, 2.45) is 5.73 Å². The number of benzene rings is 2. The topological polar surface area (TPSA) is 177 Å². The van der Waals surface area contributed by atoms with E-state index in [4.69, 9.17) is 15.2 Å². The number of amides is 4. The first-order valence-electron chi connectivity index (χ1n) is 16.5. The first kappa shape index (κ1) is 40.6. The van der Waals surface area contributed by atoms with Crippen molar-refractivity contribution in [2.45, 2.75) is 130 Å². The number of phenolic OH excluding ortho intramolecular Hbond substituents is 1. The lowest BCUT2D eigenvalue weighted by Crippen LogP contribution is -2.60. The maximum Gasteiger partial charge on any atom is 0.408 e. The number of carbonyl (C=O) groups is 5. The van der Waals surface area contributed by atoms with Gasteiger partial charge in [0.2, 0.25) is 17.7 Å². The summed E-state index contributed by atoms with van der Waals surface area (Å²) < 4.78 is 11.1. The number of carbonyl (C=O) groups excluding carboxylic acids is 5. The van der Waals surface area contributed by atoms with Crippen LogP contribution in [0.1, 0.15) is 104 Å². The monoisotopic (exact) mass is 682 g/mol. The highest BCUT2D eigenvalue weighted by atomic mass is 16.6. The Morgan fingerprint density at radius 3 is 1.96 bits per heavy atom. The van der Waals surface area contributed by atoms with Crippen LogP contribution in [0.25, 0.3) is 0 Å². The van der Waals surface area contributed by atoms with Crippen LogP contribution in [-0.2, 0) is 35.1 Å². The molecule has 0 bridgehead atoms. The number of hydrogen-bond acceptors (Lipinski definition) is 8. The number of ether oxygens (including phenoxy) is 2. The fraction of sp³-hybridized carbons (Fsp3) is 0.541. The van der Waals surface area contributed by atoms with Crippen LogP contribution in [0.2, 0.25) is 0 Å². The fourth-order valence-electron chi connectivity index (χ4n) is 5.04. The molecule has 2 aromatic carbocycles. The maximum atomic E-state index is 14.7. The van der Waals surface area contributed by atoms with Crippen LogP contribution in [0.4, 0.5) is 4.79 Å². The molecular weight excluding hydrogens is 628 g/mol. The van der Waals surface area contributed by atoms with Crippen LogP contribution in [0.3, 0.4) is 0 Å². The summed E-state index contributed by atoms with van der Waals surface area (Å²) in [6.07, 6.45) is -0.816. The van der Waals surface area contributed by atoms with E-state index in [9.17, 15) is 29.1 Å². The summed E-state index contributed by atoms with van der Waals surface area (Å²) in [5, 5.41) is 15.8. The summed E-state index contributed by atoms with van der Waals surface area (Å²) in [4.78, 5) is 69.1. The molecule has 0 aromatic heterocycles. The molecule has 270 valence electrons. The van der Waals surface area contributed by atoms with E-state index in [0.717, 1.165) is 5.56 Å². The second-order valence-electron chi connectivity index (χ2n) is 14.8. The summed E-state index contributed by atoms with van der Waals surface area (Å²) in [5.41, 5.74) is 4.25. The molecule has 3 atom stereocenters. The largest absolute Gasteiger partial charge is 0.508 e. The van der Waals surface area contributed by atoms with Gasteiger partial charge in [-0.25, -0.2) is 9.59 Å². The maximum absolute atomic E-state index is 14.7. The minimum absolute atomic E-state index is 0.0165. The number of nitrogens with two attached hydrogens (primary N) is 1. The molecule has 4 amide bonds. The zero-order valence-electron chi connectivity index (χ0n) is 30.5. The van der Waals surface area contributed by atoms with E-state index in [1.807, 2.05) is 37.3 Å². The molecule has 0 aliphatic heterocycles. The van der Waals surface area contributed by atoms with Gasteiger partial charge in [-0.1, -0.05) is 43.3 Å². The Morgan fingerprint density at radius 1 is 0.857 bits per heavy atom. The van der Waals surface area contributed by atoms with Gasteiger partial charge < -0.3 is 35.8 Å². The Kier molecular flexibility index (Phi) is 13.8. The number of nitrogens with one attached hydrogen (secondary N) is 2. The Hall–Kier alpha value is -4.61. The molecule has 0 heterocycles. The van der Waals surface area contributed by atoms with E-state index < -0.39 is 64.7 Å². The number of nitrogens with zero attached hydrogens (tertiary/aromatic N) is 1. The van der Waals surface area contributed by atoms with Crippen LogP contribution >= 0.6 is 0 Å². The minimum atomic E-state index is -1.36. The van der Waals surface area contributed by atoms with Crippen molar-refractivity contribution in [2.75, 3.05) is 0 Å². The van der Waals surface area contributed by atoms with Crippen molar-refractivity contribution in [1.29, 1.82) is 0 Å². The highest BCUT2D eigenvalue weighted by Crippen LogP contribution is 2.34. The molecule has 0 saturated carbocycles. The Balaban J connectivity index is 2.75. The van der Waals surface area contributed by atoms with E-state index >= 15 is 0 Å². The number of aromatic hydroxyl groups is 1. The number of phenols is 1. The van der Waals surface area contributed by atoms with Gasteiger partial charge in [0.05, 0.1) is 0 Å². The fourth-order valence-corrected chi connectivity index (χ4v) is 5.04. The molecule has 0 fully saturated rings. The van der Waals surface area contributed by atoms with Crippen LogP contribution < -0.4 is 16.4 Å². The van der Waals surface area contributed by atoms with Crippen molar-refractivity contribution in [3.8, 4) is 5.75 Å². The predicted molar refractivity (Wildman–Crippen MR) is 186 cm³/mol. The van der Waals surface area contributed by atoms with Crippen molar-refractivity contribution < 1.29 is 38.6 Å². The van der Waals surface area contributed by atoms with Gasteiger partial charge in [-0.05, 0) is 104 Å². The summed E-state index contributed by atoms with van der Waals surface area (Å²) >= 11 is 0. The Morgan fingerprint density at radius 2 is 1.45 bits per heavy atom. The Bertz CT molecular complexity index is 1480. The molecule has 12 heteroatoms. The van der Waals surface area contributed by atoms with Crippen molar-refractivity contribution >= 4 is 29.8 Å². The van der Waals surface area contributed by atoms with E-state index in [-0.39, 0.29) is 25.0 Å². The lowest BCUT2D eigenvalue weighted by molar-refractivity contribution is -0.159. The molecule has 5 N–H and O–H groups in total. The van der Waals surface area contributed by atoms with Crippen LogP contribution in [0, 0.1) is 6.92 Å². The third-order valence-electron chi connectivity index (χ3n) is 7.76. The van der Waals surface area contributed by atoms with Crippen LogP contribution in [-0.4, -0.2) is 68.6 Å². The predicted octanol–water partition coefficient (Wildman–Crippen LogP) is 4.99. The molecule has 0 aliphatic carbocycles. The number of rotatable bonds is 14. The second-order valence-corrected chi connectivity index (χ2v) is 14.8. The third-order valence-corrected chi connectivity index (χ3v) is 7.76. The SMILES string of the molecule is CCC(C)(C)N(C(=O)C(CCC(N)=O)NC(=O)OC(C)(C)C)C(C(=O)NC(Cc1ccccc1)C(=O)OC(C)(C)C)c1ccc(O)c(C)c1. The van der Waals surface area contributed by atoms with Gasteiger partial charge >= 0.3 is 12.1 Å². The van der Waals surface area contributed by atoms with Crippen molar-refractivity contribution in [1.82, 2.24) is 15.5 Å². The number of hydrogen-bond donors (Lipinski definition) is 4. The van der Waals surface area contributed by atoms with Gasteiger partial charge in [0, 0.05) is 18.4 Å². The third kappa shape index (κ3) is 12.7. The number of aryl methyl sites for hydroxylation is 1. The van der Waals surface area contributed by atoms with E-state index in [1.54, 1.807) is 68.4 Å². The van der Waals surface area contributed by atoms with Gasteiger partial charge in [-0.3, -0.25) is 14.4 Å². The highest BCUT2D eigenvalue weighted by molar-refractivity contribution is 5.94. The zero-order valence-corrected chi connectivity index (χ0v) is 30.5. The second kappa shape index (κ2) is 16.7. The normalized spacial score (nSPS) is 13.8. The summed E-state index contributed by atoms with van der Waals surface area (Å²) in [6, 6.07) is 9.85. The van der Waals surface area contributed by atoms with Gasteiger partial charge in [-0.15, -0.1) is 0 Å². The van der Waals surface area contributed by atoms with Gasteiger partial charge in [-0.2, -0.15) is 0 Å². The molecule has 2 aromatic rings. The smallest absolute Gasteiger partial charge is 0.408 e. The number of primary amides is 1. The molecule has 0 aliphatic rings. The lowest BCUT2D eigenvalue weighted by atomic mass is 9.90. The zero-order chi connectivity index (χ0) is 37.3. The summed E-state index contributed by atoms with van der Waals surface area (Å²) in [7, 11) is 0. The Labute approximate surface area is 290 Å². The molecule has 0 radical (unpaired) electrons. The van der Waals surface area contributed by atoms with Crippen LogP contribution in [0.5, 0.6) is 5.75 Å². The highest BCUT2D eigenvalue weighted by Gasteiger charge is 2.44. The quantitative estimate of drug-likeness (QED) is 0.202. The minimum Gasteiger partial charge on any atom is -0.508 e. The van der Waals surface area contributed by atoms with Gasteiger partial charge in [0.1, 0.15) is 35.1 Å². The van der Waals surface area contributed by atoms with Crippen LogP contribution in [0.15, 0.2) is 48.5 Å². The lowest BCUT2D eigenvalue weighted by Gasteiger charge is -2.45. The van der Waals surface area contributed by atoms with Crippen molar-refractivity contribution in [3.63, 3.8) is 0 Å². The summed E-state index contributed by atoms with van der Waals surface area (Å²) in [5.74, 6) is -2.74. The van der Waals surface area contributed by atoms with E-state index in [1.165, 1.54) is 17.0 Å². The van der Waals surface area contributed by atoms with Gasteiger partial charge in [0.15, 0.2) is 0 Å². The number of esters is 1. The molecule has 49 heavy (non-hydrogen) atoms. The van der Waals surface area contributed by atoms with E-state index in [0.29, 0.717) is 17.5 Å². The van der Waals surface area contributed by atoms with E-state index in [2.05, 4.69) is 10.6 Å². The number of alkyl carbamates (subject to hydrolysis) is 1. The first-order valence-corrected chi connectivity index (χ1v) is 16.5. The van der Waals surface area contributed by atoms with Gasteiger partial charge in [0.25, 0.3) is 0 Å².